The van der Waals surface area contributed by atoms with Crippen molar-refractivity contribution in [3.05, 3.63) is 101 Å². The molecular formula is C23H21F2NO4S. The Morgan fingerprint density at radius 2 is 1.32 bits per heavy atom. The lowest BCUT2D eigenvalue weighted by molar-refractivity contribution is -0.137. The summed E-state index contributed by atoms with van der Waals surface area (Å²) in [4.78, 5) is 10.6. The van der Waals surface area contributed by atoms with Crippen LogP contribution in [0, 0.1) is 11.6 Å². The summed E-state index contributed by atoms with van der Waals surface area (Å²) >= 11 is 0. The number of rotatable bonds is 9. The summed E-state index contributed by atoms with van der Waals surface area (Å²) in [5, 5.41) is 8.76. The molecule has 0 bridgehead atoms. The lowest BCUT2D eigenvalue weighted by Crippen LogP contribution is -2.29. The summed E-state index contributed by atoms with van der Waals surface area (Å²) in [6.07, 6.45) is 1.14. The number of carboxylic acid groups (broad SMARTS) is 1. The molecule has 31 heavy (non-hydrogen) atoms. The van der Waals surface area contributed by atoms with Crippen molar-refractivity contribution in [1.29, 1.82) is 0 Å². The lowest BCUT2D eigenvalue weighted by Gasteiger charge is -2.20. The molecule has 5 nitrogen and oxygen atoms in total. The second-order valence-corrected chi connectivity index (χ2v) is 8.76. The predicted molar refractivity (Wildman–Crippen MR) is 112 cm³/mol. The van der Waals surface area contributed by atoms with Gasteiger partial charge in [-0.1, -0.05) is 36.4 Å². The molecule has 0 fully saturated rings. The van der Waals surface area contributed by atoms with E-state index in [0.717, 1.165) is 17.7 Å². The zero-order chi connectivity index (χ0) is 22.4. The molecule has 0 aliphatic carbocycles. The van der Waals surface area contributed by atoms with Crippen LogP contribution in [0.5, 0.6) is 0 Å². The van der Waals surface area contributed by atoms with E-state index in [2.05, 4.69) is 4.72 Å². The van der Waals surface area contributed by atoms with Crippen molar-refractivity contribution in [2.45, 2.75) is 30.2 Å². The summed E-state index contributed by atoms with van der Waals surface area (Å²) in [5.74, 6) is -1.85. The van der Waals surface area contributed by atoms with E-state index in [1.54, 1.807) is 24.3 Å². The van der Waals surface area contributed by atoms with Crippen LogP contribution < -0.4 is 4.72 Å². The van der Waals surface area contributed by atoms with Crippen LogP contribution in [0.3, 0.4) is 0 Å². The van der Waals surface area contributed by atoms with Crippen LogP contribution in [0.15, 0.2) is 77.7 Å². The number of carboxylic acids is 1. The molecule has 0 heterocycles. The van der Waals surface area contributed by atoms with Gasteiger partial charge in [-0.25, -0.2) is 17.2 Å². The molecule has 0 aromatic heterocycles. The number of sulfonamides is 1. The number of halogens is 2. The maximum absolute atomic E-state index is 13.4. The smallest absolute Gasteiger partial charge is 0.303 e. The fourth-order valence-corrected chi connectivity index (χ4v) is 4.35. The Labute approximate surface area is 179 Å². The Kier molecular flexibility index (Phi) is 7.14. The number of hydrogen-bond acceptors (Lipinski definition) is 3. The normalized spacial score (nSPS) is 12.5. The van der Waals surface area contributed by atoms with Gasteiger partial charge in [0.05, 0.1) is 10.9 Å². The molecule has 0 saturated heterocycles. The van der Waals surface area contributed by atoms with E-state index in [9.17, 15) is 22.0 Å². The van der Waals surface area contributed by atoms with Gasteiger partial charge in [-0.2, -0.15) is 4.72 Å². The molecule has 2 N–H and O–H groups in total. The lowest BCUT2D eigenvalue weighted by atomic mass is 9.97. The molecule has 1 unspecified atom stereocenters. The Bertz CT molecular complexity index is 1130. The summed E-state index contributed by atoms with van der Waals surface area (Å²) in [7, 11) is -3.99. The van der Waals surface area contributed by atoms with Gasteiger partial charge in [0.1, 0.15) is 11.6 Å². The highest BCUT2D eigenvalue weighted by atomic mass is 32.2. The summed E-state index contributed by atoms with van der Waals surface area (Å²) in [6.45, 7) is 0. The molecule has 0 radical (unpaired) electrons. The molecule has 8 heteroatoms. The Hall–Kier alpha value is -3.10. The summed E-state index contributed by atoms with van der Waals surface area (Å²) in [6, 6.07) is 16.3. The summed E-state index contributed by atoms with van der Waals surface area (Å²) < 4.78 is 55.0. The van der Waals surface area contributed by atoms with Gasteiger partial charge in [0.25, 0.3) is 0 Å². The van der Waals surface area contributed by atoms with Crippen LogP contribution in [-0.2, 0) is 21.2 Å². The molecule has 0 aliphatic rings. The fraction of sp³-hybridized carbons (Fsp3) is 0.174. The highest BCUT2D eigenvalue weighted by Crippen LogP contribution is 2.26. The number of hydrogen-bond donors (Lipinski definition) is 2. The van der Waals surface area contributed by atoms with Crippen LogP contribution in [0.4, 0.5) is 8.78 Å². The minimum absolute atomic E-state index is 0.0669. The van der Waals surface area contributed by atoms with Gasteiger partial charge in [-0.05, 0) is 65.9 Å². The SMILES string of the molecule is O=C(O)CCCc1ccc(C(NS(=O)(=O)c2ccc(F)cc2)c2ccc(F)cc2)cc1. The molecule has 162 valence electrons. The predicted octanol–water partition coefficient (Wildman–Crippen LogP) is 4.44. The number of carbonyl (C=O) groups is 1. The third kappa shape index (κ3) is 6.19. The van der Waals surface area contributed by atoms with Crippen LogP contribution in [0.2, 0.25) is 0 Å². The van der Waals surface area contributed by atoms with E-state index in [0.29, 0.717) is 24.0 Å². The van der Waals surface area contributed by atoms with Gasteiger partial charge in [0.15, 0.2) is 0 Å². The molecule has 0 aliphatic heterocycles. The maximum Gasteiger partial charge on any atom is 0.303 e. The Balaban J connectivity index is 1.89. The molecule has 3 aromatic carbocycles. The number of benzene rings is 3. The average molecular weight is 445 g/mol. The van der Waals surface area contributed by atoms with Crippen molar-refractivity contribution < 1.29 is 27.1 Å². The summed E-state index contributed by atoms with van der Waals surface area (Å²) in [5.41, 5.74) is 2.08. The van der Waals surface area contributed by atoms with Gasteiger partial charge in [0, 0.05) is 6.42 Å². The van der Waals surface area contributed by atoms with E-state index < -0.39 is 33.7 Å². The van der Waals surface area contributed by atoms with E-state index in [1.165, 1.54) is 36.4 Å². The third-order valence-corrected chi connectivity index (χ3v) is 6.21. The fourth-order valence-electron chi connectivity index (χ4n) is 3.14. The van der Waals surface area contributed by atoms with Gasteiger partial charge >= 0.3 is 5.97 Å². The van der Waals surface area contributed by atoms with Crippen molar-refractivity contribution in [2.75, 3.05) is 0 Å². The van der Waals surface area contributed by atoms with Gasteiger partial charge in [0.2, 0.25) is 10.0 Å². The van der Waals surface area contributed by atoms with E-state index in [1.807, 2.05) is 0 Å². The standard InChI is InChI=1S/C23H21F2NO4S/c24-19-10-8-18(9-11-19)23(26-31(29,30)21-14-12-20(25)13-15-21)17-6-4-16(5-7-17)2-1-3-22(27)28/h4-15,23,26H,1-3H2,(H,27,28). The zero-order valence-electron chi connectivity index (χ0n) is 16.5. The van der Waals surface area contributed by atoms with Crippen molar-refractivity contribution >= 4 is 16.0 Å². The van der Waals surface area contributed by atoms with Crippen molar-refractivity contribution in [3.63, 3.8) is 0 Å². The zero-order valence-corrected chi connectivity index (χ0v) is 17.3. The first kappa shape index (κ1) is 22.6. The molecule has 3 rings (SSSR count). The number of nitrogens with one attached hydrogen (secondary N) is 1. The first-order valence-electron chi connectivity index (χ1n) is 9.58. The van der Waals surface area contributed by atoms with E-state index in [-0.39, 0.29) is 11.3 Å². The van der Waals surface area contributed by atoms with Gasteiger partial charge in [-0.3, -0.25) is 4.79 Å². The quantitative estimate of drug-likeness (QED) is 0.510. The van der Waals surface area contributed by atoms with E-state index >= 15 is 0 Å². The van der Waals surface area contributed by atoms with Crippen LogP contribution >= 0.6 is 0 Å². The molecule has 0 amide bonds. The highest BCUT2D eigenvalue weighted by Gasteiger charge is 2.23. The number of aryl methyl sites for hydroxylation is 1. The largest absolute Gasteiger partial charge is 0.481 e. The molecule has 0 saturated carbocycles. The molecule has 3 aromatic rings. The van der Waals surface area contributed by atoms with Crippen LogP contribution in [0.1, 0.15) is 35.6 Å². The first-order valence-corrected chi connectivity index (χ1v) is 11.1. The highest BCUT2D eigenvalue weighted by molar-refractivity contribution is 7.89. The first-order chi connectivity index (χ1) is 14.7. The maximum atomic E-state index is 13.4. The Morgan fingerprint density at radius 1 is 0.839 bits per heavy atom. The molecular weight excluding hydrogens is 424 g/mol. The average Bonchev–Trinajstić information content (AvgIpc) is 2.73. The van der Waals surface area contributed by atoms with Crippen LogP contribution in [-0.4, -0.2) is 19.5 Å². The minimum atomic E-state index is -3.99. The molecule has 1 atom stereocenters. The van der Waals surface area contributed by atoms with Crippen molar-refractivity contribution in [1.82, 2.24) is 4.72 Å². The van der Waals surface area contributed by atoms with E-state index in [4.69, 9.17) is 5.11 Å². The van der Waals surface area contributed by atoms with Crippen molar-refractivity contribution in [2.24, 2.45) is 0 Å². The topological polar surface area (TPSA) is 83.5 Å². The third-order valence-electron chi connectivity index (χ3n) is 4.77. The van der Waals surface area contributed by atoms with Crippen LogP contribution in [0.25, 0.3) is 0 Å². The Morgan fingerprint density at radius 3 is 1.84 bits per heavy atom. The van der Waals surface area contributed by atoms with Crippen molar-refractivity contribution in [3.8, 4) is 0 Å². The minimum Gasteiger partial charge on any atom is -0.481 e. The second kappa shape index (κ2) is 9.80. The molecule has 0 spiro atoms. The monoisotopic (exact) mass is 445 g/mol. The van der Waals surface area contributed by atoms with Gasteiger partial charge in [-0.15, -0.1) is 0 Å². The second-order valence-electron chi connectivity index (χ2n) is 7.05. The number of aliphatic carboxylic acids is 1. The van der Waals surface area contributed by atoms with Gasteiger partial charge < -0.3 is 5.11 Å².